The van der Waals surface area contributed by atoms with E-state index in [1.54, 1.807) is 7.11 Å². The minimum Gasteiger partial charge on any atom is -0.493 e. The lowest BCUT2D eigenvalue weighted by atomic mass is 9.75. The fourth-order valence-corrected chi connectivity index (χ4v) is 5.87. The Morgan fingerprint density at radius 3 is 2.58 bits per heavy atom. The molecular formula is C28H27BrClNO2. The van der Waals surface area contributed by atoms with Crippen molar-refractivity contribution in [3.05, 3.63) is 98.0 Å². The highest BCUT2D eigenvalue weighted by atomic mass is 79.9. The van der Waals surface area contributed by atoms with E-state index in [9.17, 15) is 0 Å². The maximum atomic E-state index is 6.16. The molecule has 0 spiro atoms. The third-order valence-corrected chi connectivity index (χ3v) is 7.69. The number of ether oxygens (including phenoxy) is 2. The van der Waals surface area contributed by atoms with E-state index in [0.717, 1.165) is 22.2 Å². The van der Waals surface area contributed by atoms with Gasteiger partial charge in [-0.25, -0.2) is 0 Å². The van der Waals surface area contributed by atoms with Crippen LogP contribution in [0.1, 0.15) is 46.2 Å². The number of nitrogens with one attached hydrogen (secondary N) is 1. The smallest absolute Gasteiger partial charge is 0.175 e. The number of benzene rings is 3. The van der Waals surface area contributed by atoms with Crippen LogP contribution in [0, 0.1) is 19.8 Å². The van der Waals surface area contributed by atoms with E-state index in [1.807, 2.05) is 24.3 Å². The number of anilines is 1. The maximum absolute atomic E-state index is 6.16. The first-order chi connectivity index (χ1) is 16.0. The van der Waals surface area contributed by atoms with Crippen molar-refractivity contribution >= 4 is 33.2 Å². The SMILES string of the molecule is COc1cc([C@@H]2Nc3c(C)ccc(C)c3[C@@H]3C=CC[C@@H]32)cc(Br)c1OCc1ccc(Cl)cc1. The molecule has 0 saturated carbocycles. The van der Waals surface area contributed by atoms with E-state index in [1.165, 1.54) is 27.9 Å². The summed E-state index contributed by atoms with van der Waals surface area (Å²) in [5.41, 5.74) is 7.60. The van der Waals surface area contributed by atoms with Crippen LogP contribution in [0.3, 0.4) is 0 Å². The predicted molar refractivity (Wildman–Crippen MR) is 139 cm³/mol. The summed E-state index contributed by atoms with van der Waals surface area (Å²) in [5.74, 6) is 2.33. The average Bonchev–Trinajstić information content (AvgIpc) is 3.30. The van der Waals surface area contributed by atoms with Gasteiger partial charge in [0, 0.05) is 16.6 Å². The van der Waals surface area contributed by atoms with Crippen molar-refractivity contribution in [2.75, 3.05) is 12.4 Å². The summed E-state index contributed by atoms with van der Waals surface area (Å²) in [5, 5.41) is 4.60. The molecule has 0 amide bonds. The highest BCUT2D eigenvalue weighted by Crippen LogP contribution is 2.53. The van der Waals surface area contributed by atoms with Crippen LogP contribution in [0.15, 0.2) is 65.2 Å². The quantitative estimate of drug-likeness (QED) is 0.342. The van der Waals surface area contributed by atoms with E-state index >= 15 is 0 Å². The molecule has 1 aliphatic heterocycles. The van der Waals surface area contributed by atoms with Gasteiger partial charge < -0.3 is 14.8 Å². The molecule has 2 aliphatic rings. The van der Waals surface area contributed by atoms with Crippen LogP contribution in [0.25, 0.3) is 0 Å². The number of rotatable bonds is 5. The van der Waals surface area contributed by atoms with Gasteiger partial charge in [0.15, 0.2) is 11.5 Å². The maximum Gasteiger partial charge on any atom is 0.175 e. The topological polar surface area (TPSA) is 30.5 Å². The van der Waals surface area contributed by atoms with Crippen molar-refractivity contribution in [2.24, 2.45) is 5.92 Å². The summed E-state index contributed by atoms with van der Waals surface area (Å²) < 4.78 is 12.8. The van der Waals surface area contributed by atoms with Crippen LogP contribution in [0.4, 0.5) is 5.69 Å². The molecule has 0 bridgehead atoms. The Kier molecular flexibility index (Phi) is 6.15. The average molecular weight is 525 g/mol. The first kappa shape index (κ1) is 22.4. The van der Waals surface area contributed by atoms with Gasteiger partial charge in [-0.3, -0.25) is 0 Å². The van der Waals surface area contributed by atoms with Gasteiger partial charge in [0.05, 0.1) is 17.6 Å². The molecule has 3 aromatic carbocycles. The lowest BCUT2D eigenvalue weighted by Crippen LogP contribution is -2.30. The van der Waals surface area contributed by atoms with Gasteiger partial charge in [-0.05, 0) is 94.2 Å². The molecule has 1 aliphatic carbocycles. The van der Waals surface area contributed by atoms with E-state index < -0.39 is 0 Å². The summed E-state index contributed by atoms with van der Waals surface area (Å²) >= 11 is 9.75. The molecule has 5 rings (SSSR count). The fourth-order valence-electron chi connectivity index (χ4n) is 5.17. The van der Waals surface area contributed by atoms with Crippen LogP contribution >= 0.6 is 27.5 Å². The summed E-state index contributed by atoms with van der Waals surface area (Å²) in [6, 6.07) is 16.6. The van der Waals surface area contributed by atoms with Crippen LogP contribution in [0.5, 0.6) is 11.5 Å². The van der Waals surface area contributed by atoms with Gasteiger partial charge in [0.25, 0.3) is 0 Å². The number of fused-ring (bicyclic) bond motifs is 3. The normalized spacial score (nSPS) is 20.7. The second kappa shape index (κ2) is 9.08. The van der Waals surface area contributed by atoms with Crippen molar-refractivity contribution in [3.63, 3.8) is 0 Å². The molecule has 33 heavy (non-hydrogen) atoms. The molecule has 3 aromatic rings. The minimum absolute atomic E-state index is 0.188. The molecule has 0 fully saturated rings. The zero-order chi connectivity index (χ0) is 23.1. The summed E-state index contributed by atoms with van der Waals surface area (Å²) in [6.07, 6.45) is 5.78. The molecule has 0 radical (unpaired) electrons. The van der Waals surface area contributed by atoms with E-state index in [2.05, 4.69) is 71.5 Å². The first-order valence-corrected chi connectivity index (χ1v) is 12.4. The highest BCUT2D eigenvalue weighted by Gasteiger charge is 2.39. The Bertz CT molecular complexity index is 1220. The van der Waals surface area contributed by atoms with Crippen LogP contribution in [-0.4, -0.2) is 7.11 Å². The molecule has 0 aromatic heterocycles. The van der Waals surface area contributed by atoms with Crippen LogP contribution < -0.4 is 14.8 Å². The number of allylic oxidation sites excluding steroid dienone is 2. The Hall–Kier alpha value is -2.43. The zero-order valence-corrected chi connectivity index (χ0v) is 21.3. The molecule has 0 unspecified atom stereocenters. The lowest BCUT2D eigenvalue weighted by Gasteiger charge is -2.39. The summed E-state index contributed by atoms with van der Waals surface area (Å²) in [7, 11) is 1.69. The van der Waals surface area contributed by atoms with Gasteiger partial charge in [0.1, 0.15) is 6.61 Å². The highest BCUT2D eigenvalue weighted by molar-refractivity contribution is 9.10. The van der Waals surface area contributed by atoms with E-state index in [-0.39, 0.29) is 6.04 Å². The number of hydrogen-bond acceptors (Lipinski definition) is 3. The Morgan fingerprint density at radius 1 is 1.06 bits per heavy atom. The third-order valence-electron chi connectivity index (χ3n) is 6.85. The van der Waals surface area contributed by atoms with Crippen molar-refractivity contribution in [1.82, 2.24) is 0 Å². The Morgan fingerprint density at radius 2 is 1.82 bits per heavy atom. The van der Waals surface area contributed by atoms with Crippen molar-refractivity contribution in [3.8, 4) is 11.5 Å². The van der Waals surface area contributed by atoms with Gasteiger partial charge >= 0.3 is 0 Å². The Labute approximate surface area is 208 Å². The van der Waals surface area contributed by atoms with E-state index in [0.29, 0.717) is 29.2 Å². The third kappa shape index (κ3) is 4.15. The molecule has 1 heterocycles. The predicted octanol–water partition coefficient (Wildman–Crippen LogP) is 8.13. The van der Waals surface area contributed by atoms with Gasteiger partial charge in [-0.1, -0.05) is 48.0 Å². The first-order valence-electron chi connectivity index (χ1n) is 11.2. The molecule has 5 heteroatoms. The number of hydrogen-bond donors (Lipinski definition) is 1. The zero-order valence-electron chi connectivity index (χ0n) is 19.0. The minimum atomic E-state index is 0.188. The molecule has 170 valence electrons. The molecule has 1 N–H and O–H groups in total. The second-order valence-corrected chi connectivity index (χ2v) is 10.2. The number of halogens is 2. The second-order valence-electron chi connectivity index (χ2n) is 8.91. The molecule has 3 nitrogen and oxygen atoms in total. The van der Waals surface area contributed by atoms with Crippen LogP contribution in [0.2, 0.25) is 5.02 Å². The molecule has 3 atom stereocenters. The molecule has 0 saturated heterocycles. The fraction of sp³-hybridized carbons (Fsp3) is 0.286. The lowest BCUT2D eigenvalue weighted by molar-refractivity contribution is 0.282. The summed E-state index contributed by atoms with van der Waals surface area (Å²) in [6.45, 7) is 4.84. The monoisotopic (exact) mass is 523 g/mol. The van der Waals surface area contributed by atoms with Gasteiger partial charge in [-0.15, -0.1) is 0 Å². The largest absolute Gasteiger partial charge is 0.493 e. The number of aryl methyl sites for hydroxylation is 2. The van der Waals surface area contributed by atoms with Crippen LogP contribution in [-0.2, 0) is 6.61 Å². The standard InChI is InChI=1S/C28H27BrClNO2/c1-16-7-8-17(2)26-25(16)21-5-4-6-22(21)27(31-26)19-13-23(29)28(24(14-19)32-3)33-15-18-9-11-20(30)12-10-18/h4-5,7-14,21-22,27,31H,6,15H2,1-3H3/t21-,22+,27+/m1/s1. The van der Waals surface area contributed by atoms with Crippen molar-refractivity contribution in [1.29, 1.82) is 0 Å². The molecular weight excluding hydrogens is 498 g/mol. The van der Waals surface area contributed by atoms with Crippen molar-refractivity contribution < 1.29 is 9.47 Å². The van der Waals surface area contributed by atoms with Crippen molar-refractivity contribution in [2.45, 2.75) is 38.8 Å². The van der Waals surface area contributed by atoms with Gasteiger partial charge in [-0.2, -0.15) is 0 Å². The Balaban J connectivity index is 1.47. The number of methoxy groups -OCH3 is 1. The van der Waals surface area contributed by atoms with Gasteiger partial charge in [0.2, 0.25) is 0 Å². The summed E-state index contributed by atoms with van der Waals surface area (Å²) in [4.78, 5) is 0. The van der Waals surface area contributed by atoms with E-state index in [4.69, 9.17) is 21.1 Å².